The molecule has 0 saturated carbocycles. The topological polar surface area (TPSA) is 68.0 Å². The molecule has 3 N–H and O–H groups in total. The number of hydrogen-bond acceptors (Lipinski definition) is 4. The number of nitrogens with zero attached hydrogens (tertiary/aromatic N) is 1. The quantitative estimate of drug-likeness (QED) is 0.726. The van der Waals surface area contributed by atoms with Crippen LogP contribution in [0.5, 0.6) is 0 Å². The molecule has 0 spiro atoms. The first-order valence-corrected chi connectivity index (χ1v) is 6.99. The summed E-state index contributed by atoms with van der Waals surface area (Å²) in [7, 11) is 0. The maximum Gasteiger partial charge on any atom is 0.263 e. The molecule has 4 nitrogen and oxygen atoms in total. The zero-order valence-electron chi connectivity index (χ0n) is 10.7. The summed E-state index contributed by atoms with van der Waals surface area (Å²) in [6.45, 7) is 3.99. The van der Waals surface area contributed by atoms with Crippen molar-refractivity contribution < 1.29 is 4.79 Å². The standard InChI is InChI=1S/C15H13N3OS/c1-2-7-17-14(19)13-12(16)10-8-9-5-3-4-6-11(9)18-15(10)20-13/h2-6,8H,1,7,16H2,(H,17,19). The number of benzene rings is 1. The number of aromatic nitrogens is 1. The number of pyridine rings is 1. The van der Waals surface area contributed by atoms with E-state index in [2.05, 4.69) is 16.9 Å². The van der Waals surface area contributed by atoms with Gasteiger partial charge in [-0.05, 0) is 12.1 Å². The Morgan fingerprint density at radius 2 is 2.25 bits per heavy atom. The van der Waals surface area contributed by atoms with E-state index in [0.29, 0.717) is 17.1 Å². The molecule has 5 heteroatoms. The third-order valence-electron chi connectivity index (χ3n) is 3.04. The molecule has 0 radical (unpaired) electrons. The predicted molar refractivity (Wildman–Crippen MR) is 84.1 cm³/mol. The van der Waals surface area contributed by atoms with Crippen LogP contribution in [0.15, 0.2) is 43.0 Å². The molecule has 2 aromatic heterocycles. The van der Waals surface area contributed by atoms with Gasteiger partial charge in [0.05, 0.1) is 11.2 Å². The Labute approximate surface area is 119 Å². The first-order valence-electron chi connectivity index (χ1n) is 6.17. The molecule has 3 rings (SSSR count). The molecule has 1 aromatic carbocycles. The van der Waals surface area contributed by atoms with Crippen molar-refractivity contribution in [2.75, 3.05) is 12.3 Å². The van der Waals surface area contributed by atoms with Crippen LogP contribution in [0.1, 0.15) is 9.67 Å². The molecule has 0 aliphatic rings. The Morgan fingerprint density at radius 3 is 3.05 bits per heavy atom. The van der Waals surface area contributed by atoms with Crippen molar-refractivity contribution in [3.8, 4) is 0 Å². The van der Waals surface area contributed by atoms with Gasteiger partial charge in [-0.25, -0.2) is 4.98 Å². The van der Waals surface area contributed by atoms with Gasteiger partial charge in [-0.2, -0.15) is 0 Å². The fraction of sp³-hybridized carbons (Fsp3) is 0.0667. The number of nitrogens with two attached hydrogens (primary N) is 1. The first kappa shape index (κ1) is 12.6. The third kappa shape index (κ3) is 2.02. The van der Waals surface area contributed by atoms with Crippen molar-refractivity contribution in [1.29, 1.82) is 0 Å². The zero-order valence-corrected chi connectivity index (χ0v) is 11.5. The molecule has 100 valence electrons. The highest BCUT2D eigenvalue weighted by Gasteiger charge is 2.17. The number of thiophene rings is 1. The number of hydrogen-bond donors (Lipinski definition) is 2. The van der Waals surface area contributed by atoms with Gasteiger partial charge in [0.2, 0.25) is 0 Å². The summed E-state index contributed by atoms with van der Waals surface area (Å²) >= 11 is 1.31. The number of anilines is 1. The number of nitrogens with one attached hydrogen (secondary N) is 1. The molecule has 0 aliphatic carbocycles. The Hall–Kier alpha value is -2.40. The van der Waals surface area contributed by atoms with Crippen molar-refractivity contribution in [3.05, 3.63) is 47.9 Å². The smallest absolute Gasteiger partial charge is 0.263 e. The number of rotatable bonds is 3. The minimum atomic E-state index is -0.186. The SMILES string of the molecule is C=CCNC(=O)c1sc2nc3ccccc3cc2c1N. The summed E-state index contributed by atoms with van der Waals surface area (Å²) < 4.78 is 0. The second kappa shape index (κ2) is 4.94. The highest BCUT2D eigenvalue weighted by Crippen LogP contribution is 2.34. The zero-order chi connectivity index (χ0) is 14.1. The highest BCUT2D eigenvalue weighted by atomic mass is 32.1. The van der Waals surface area contributed by atoms with Crippen molar-refractivity contribution in [3.63, 3.8) is 0 Å². The minimum Gasteiger partial charge on any atom is -0.397 e. The number of carbonyl (C=O) groups is 1. The Bertz CT molecular complexity index is 822. The second-order valence-corrected chi connectivity index (χ2v) is 5.38. The number of nitrogen functional groups attached to an aromatic ring is 1. The van der Waals surface area contributed by atoms with Gasteiger partial charge in [-0.3, -0.25) is 4.79 Å². The monoisotopic (exact) mass is 283 g/mol. The molecule has 0 bridgehead atoms. The van der Waals surface area contributed by atoms with Crippen LogP contribution in [0.3, 0.4) is 0 Å². The predicted octanol–water partition coefficient (Wildman–Crippen LogP) is 2.95. The van der Waals surface area contributed by atoms with Crippen molar-refractivity contribution in [1.82, 2.24) is 10.3 Å². The molecule has 0 aliphatic heterocycles. The van der Waals surface area contributed by atoms with E-state index in [-0.39, 0.29) is 5.91 Å². The lowest BCUT2D eigenvalue weighted by molar-refractivity contribution is 0.0963. The van der Waals surface area contributed by atoms with E-state index in [1.54, 1.807) is 6.08 Å². The summed E-state index contributed by atoms with van der Waals surface area (Å²) in [5, 5.41) is 4.58. The molecular formula is C15H13N3OS. The van der Waals surface area contributed by atoms with Crippen LogP contribution in [-0.2, 0) is 0 Å². The average molecular weight is 283 g/mol. The maximum atomic E-state index is 12.0. The maximum absolute atomic E-state index is 12.0. The molecule has 2 heterocycles. The van der Waals surface area contributed by atoms with Gasteiger partial charge in [-0.15, -0.1) is 17.9 Å². The van der Waals surface area contributed by atoms with Gasteiger partial charge >= 0.3 is 0 Å². The van der Waals surface area contributed by atoms with Gasteiger partial charge in [0.1, 0.15) is 9.71 Å². The summed E-state index contributed by atoms with van der Waals surface area (Å²) in [4.78, 5) is 17.9. The Balaban J connectivity index is 2.16. The molecule has 0 fully saturated rings. The second-order valence-electron chi connectivity index (χ2n) is 4.38. The lowest BCUT2D eigenvalue weighted by Crippen LogP contribution is -2.22. The van der Waals surface area contributed by atoms with Crippen LogP contribution in [0.2, 0.25) is 0 Å². The van der Waals surface area contributed by atoms with Gasteiger partial charge in [0.15, 0.2) is 0 Å². The summed E-state index contributed by atoms with van der Waals surface area (Å²) in [5.74, 6) is -0.186. The normalized spacial score (nSPS) is 10.8. The van der Waals surface area contributed by atoms with Crippen molar-refractivity contribution >= 4 is 44.1 Å². The lowest BCUT2D eigenvalue weighted by atomic mass is 10.1. The van der Waals surface area contributed by atoms with Crippen LogP contribution in [0.4, 0.5) is 5.69 Å². The van der Waals surface area contributed by atoms with Crippen LogP contribution < -0.4 is 11.1 Å². The van der Waals surface area contributed by atoms with E-state index in [1.807, 2.05) is 30.3 Å². The van der Waals surface area contributed by atoms with E-state index >= 15 is 0 Å². The molecule has 0 saturated heterocycles. The van der Waals surface area contributed by atoms with E-state index in [4.69, 9.17) is 5.73 Å². The highest BCUT2D eigenvalue weighted by molar-refractivity contribution is 7.21. The molecule has 3 aromatic rings. The van der Waals surface area contributed by atoms with Gasteiger partial charge < -0.3 is 11.1 Å². The number of para-hydroxylation sites is 1. The summed E-state index contributed by atoms with van der Waals surface area (Å²) in [5.41, 5.74) is 7.48. The fourth-order valence-corrected chi connectivity index (χ4v) is 3.06. The largest absolute Gasteiger partial charge is 0.397 e. The molecule has 0 unspecified atom stereocenters. The molecule has 1 amide bonds. The van der Waals surface area contributed by atoms with Gasteiger partial charge in [0.25, 0.3) is 5.91 Å². The molecule has 20 heavy (non-hydrogen) atoms. The molecule has 0 atom stereocenters. The van der Waals surface area contributed by atoms with E-state index in [0.717, 1.165) is 21.1 Å². The van der Waals surface area contributed by atoms with Crippen LogP contribution in [-0.4, -0.2) is 17.4 Å². The Morgan fingerprint density at radius 1 is 1.45 bits per heavy atom. The Kier molecular flexibility index (Phi) is 3.12. The number of fused-ring (bicyclic) bond motifs is 2. The molecular weight excluding hydrogens is 270 g/mol. The first-order chi connectivity index (χ1) is 9.70. The van der Waals surface area contributed by atoms with Gasteiger partial charge in [-0.1, -0.05) is 24.3 Å². The number of carbonyl (C=O) groups excluding carboxylic acids is 1. The van der Waals surface area contributed by atoms with Crippen molar-refractivity contribution in [2.24, 2.45) is 0 Å². The van der Waals surface area contributed by atoms with E-state index in [1.165, 1.54) is 11.3 Å². The van der Waals surface area contributed by atoms with E-state index in [9.17, 15) is 4.79 Å². The third-order valence-corrected chi connectivity index (χ3v) is 4.15. The van der Waals surface area contributed by atoms with Gasteiger partial charge in [0, 0.05) is 17.3 Å². The summed E-state index contributed by atoms with van der Waals surface area (Å²) in [6.07, 6.45) is 1.63. The fourth-order valence-electron chi connectivity index (χ4n) is 2.06. The van der Waals surface area contributed by atoms with E-state index < -0.39 is 0 Å². The minimum absolute atomic E-state index is 0.186. The lowest BCUT2D eigenvalue weighted by Gasteiger charge is -2.00. The van der Waals surface area contributed by atoms with Crippen molar-refractivity contribution in [2.45, 2.75) is 0 Å². The summed E-state index contributed by atoms with van der Waals surface area (Å²) in [6, 6.07) is 9.80. The van der Waals surface area contributed by atoms with Crippen LogP contribution in [0.25, 0.3) is 21.1 Å². The number of amides is 1. The van der Waals surface area contributed by atoms with Crippen LogP contribution >= 0.6 is 11.3 Å². The average Bonchev–Trinajstić information content (AvgIpc) is 2.79. The van der Waals surface area contributed by atoms with Crippen LogP contribution in [0, 0.1) is 0 Å².